The predicted octanol–water partition coefficient (Wildman–Crippen LogP) is 4.12. The van der Waals surface area contributed by atoms with Crippen molar-refractivity contribution in [1.82, 2.24) is 15.3 Å². The van der Waals surface area contributed by atoms with Crippen LogP contribution < -0.4 is 20.3 Å². The van der Waals surface area contributed by atoms with E-state index in [0.29, 0.717) is 25.6 Å². The molecule has 3 aromatic rings. The number of rotatable bonds is 8. The molecular formula is C22H27N3O3S. The number of benzene rings is 1. The van der Waals surface area contributed by atoms with Crippen molar-refractivity contribution in [2.45, 2.75) is 52.6 Å². The highest BCUT2D eigenvalue weighted by molar-refractivity contribution is 7.18. The van der Waals surface area contributed by atoms with Gasteiger partial charge in [-0.1, -0.05) is 6.07 Å². The van der Waals surface area contributed by atoms with Gasteiger partial charge >= 0.3 is 0 Å². The molecule has 1 aromatic carbocycles. The molecule has 0 bridgehead atoms. The van der Waals surface area contributed by atoms with Gasteiger partial charge in [-0.2, -0.15) is 0 Å². The van der Waals surface area contributed by atoms with E-state index in [0.717, 1.165) is 46.5 Å². The van der Waals surface area contributed by atoms with Crippen LogP contribution in [0.4, 0.5) is 0 Å². The molecule has 6 nitrogen and oxygen atoms in total. The fourth-order valence-corrected chi connectivity index (χ4v) is 5.12. The van der Waals surface area contributed by atoms with E-state index in [1.54, 1.807) is 11.3 Å². The minimum absolute atomic E-state index is 0.0152. The summed E-state index contributed by atoms with van der Waals surface area (Å²) in [5, 5.41) is 4.25. The summed E-state index contributed by atoms with van der Waals surface area (Å²) in [5.74, 6) is 2.18. The first-order valence-electron chi connectivity index (χ1n) is 10.3. The lowest BCUT2D eigenvalue weighted by molar-refractivity contribution is 0.287. The van der Waals surface area contributed by atoms with Crippen molar-refractivity contribution in [1.29, 1.82) is 0 Å². The molecule has 0 saturated carbocycles. The molecule has 0 radical (unpaired) electrons. The molecule has 2 aromatic heterocycles. The summed E-state index contributed by atoms with van der Waals surface area (Å²) in [6, 6.07) is 6.06. The Morgan fingerprint density at radius 1 is 1.21 bits per heavy atom. The van der Waals surface area contributed by atoms with E-state index in [4.69, 9.17) is 14.5 Å². The monoisotopic (exact) mass is 413 g/mol. The van der Waals surface area contributed by atoms with Gasteiger partial charge in [0.1, 0.15) is 10.7 Å². The zero-order valence-electron chi connectivity index (χ0n) is 17.1. The lowest BCUT2D eigenvalue weighted by Crippen LogP contribution is -2.22. The fraction of sp³-hybridized carbons (Fsp3) is 0.455. The first kappa shape index (κ1) is 19.9. The minimum atomic E-state index is -0.0152. The fourth-order valence-electron chi connectivity index (χ4n) is 3.84. The van der Waals surface area contributed by atoms with Crippen molar-refractivity contribution in [3.63, 3.8) is 0 Å². The van der Waals surface area contributed by atoms with Gasteiger partial charge in [0, 0.05) is 10.9 Å². The average molecular weight is 414 g/mol. The van der Waals surface area contributed by atoms with Crippen LogP contribution in [0.3, 0.4) is 0 Å². The third-order valence-corrected chi connectivity index (χ3v) is 6.45. The molecule has 2 N–H and O–H groups in total. The largest absolute Gasteiger partial charge is 0.490 e. The second-order valence-corrected chi connectivity index (χ2v) is 8.31. The second-order valence-electron chi connectivity index (χ2n) is 7.22. The number of ether oxygens (including phenoxy) is 2. The molecule has 0 fully saturated rings. The summed E-state index contributed by atoms with van der Waals surface area (Å²) in [5.41, 5.74) is 2.29. The Morgan fingerprint density at radius 3 is 2.79 bits per heavy atom. The standard InChI is InChI=1S/C22H27N3O3S/c1-4-27-16-10-9-14(11-17(16)28-5-2)13(3)23-12-19-24-21(26)20-15-7-6-8-18(15)29-22(20)25-19/h9-11,13,23H,4-8,12H2,1-3H3,(H,24,25,26)/t13-/m0/s1. The number of nitrogens with zero attached hydrogens (tertiary/aromatic N) is 1. The maximum absolute atomic E-state index is 12.6. The van der Waals surface area contributed by atoms with Gasteiger partial charge in [-0.05, 0) is 63.3 Å². The molecule has 0 aliphatic heterocycles. The Kier molecular flexibility index (Phi) is 5.87. The van der Waals surface area contributed by atoms with E-state index < -0.39 is 0 Å². The number of hydrogen-bond donors (Lipinski definition) is 2. The van der Waals surface area contributed by atoms with Crippen LogP contribution in [-0.2, 0) is 19.4 Å². The van der Waals surface area contributed by atoms with Gasteiger partial charge in [0.25, 0.3) is 5.56 Å². The molecule has 4 rings (SSSR count). The van der Waals surface area contributed by atoms with Gasteiger partial charge in [-0.3, -0.25) is 4.79 Å². The lowest BCUT2D eigenvalue weighted by Gasteiger charge is -2.17. The van der Waals surface area contributed by atoms with E-state index in [9.17, 15) is 4.79 Å². The minimum Gasteiger partial charge on any atom is -0.490 e. The smallest absolute Gasteiger partial charge is 0.259 e. The molecule has 0 unspecified atom stereocenters. The molecule has 1 aliphatic rings. The molecule has 2 heterocycles. The number of aryl methyl sites for hydroxylation is 2. The molecule has 0 saturated heterocycles. The zero-order valence-corrected chi connectivity index (χ0v) is 17.9. The number of H-pyrrole nitrogens is 1. The Labute approximate surface area is 174 Å². The highest BCUT2D eigenvalue weighted by Crippen LogP contribution is 2.34. The Morgan fingerprint density at radius 2 is 2.00 bits per heavy atom. The van der Waals surface area contributed by atoms with Crippen molar-refractivity contribution in [2.24, 2.45) is 0 Å². The molecule has 154 valence electrons. The average Bonchev–Trinajstić information content (AvgIpc) is 3.28. The van der Waals surface area contributed by atoms with E-state index in [1.807, 2.05) is 32.0 Å². The number of aromatic nitrogens is 2. The maximum atomic E-state index is 12.6. The van der Waals surface area contributed by atoms with Crippen LogP contribution in [0, 0.1) is 0 Å². The van der Waals surface area contributed by atoms with Gasteiger partial charge in [-0.25, -0.2) is 4.98 Å². The molecule has 0 amide bonds. The van der Waals surface area contributed by atoms with Crippen molar-refractivity contribution < 1.29 is 9.47 Å². The van der Waals surface area contributed by atoms with Gasteiger partial charge < -0.3 is 19.8 Å². The van der Waals surface area contributed by atoms with Gasteiger partial charge in [0.2, 0.25) is 0 Å². The summed E-state index contributed by atoms with van der Waals surface area (Å²) >= 11 is 1.67. The van der Waals surface area contributed by atoms with Crippen LogP contribution in [0.5, 0.6) is 11.5 Å². The summed E-state index contributed by atoms with van der Waals surface area (Å²) in [4.78, 5) is 22.5. The Bertz CT molecular complexity index is 1070. The Balaban J connectivity index is 1.50. The Hall–Kier alpha value is -2.38. The second kappa shape index (κ2) is 8.55. The first-order chi connectivity index (χ1) is 14.1. The molecular weight excluding hydrogens is 386 g/mol. The summed E-state index contributed by atoms with van der Waals surface area (Å²) < 4.78 is 11.4. The van der Waals surface area contributed by atoms with Crippen LogP contribution >= 0.6 is 11.3 Å². The number of aromatic amines is 1. The maximum Gasteiger partial charge on any atom is 0.259 e. The van der Waals surface area contributed by atoms with Gasteiger partial charge in [-0.15, -0.1) is 11.3 Å². The van der Waals surface area contributed by atoms with Crippen LogP contribution in [0.15, 0.2) is 23.0 Å². The van der Waals surface area contributed by atoms with E-state index in [1.165, 1.54) is 10.4 Å². The highest BCUT2D eigenvalue weighted by atomic mass is 32.1. The number of fused-ring (bicyclic) bond motifs is 3. The number of nitrogens with one attached hydrogen (secondary N) is 2. The van der Waals surface area contributed by atoms with Crippen LogP contribution in [0.25, 0.3) is 10.2 Å². The normalized spacial score (nSPS) is 14.2. The molecule has 29 heavy (non-hydrogen) atoms. The first-order valence-corrected chi connectivity index (χ1v) is 11.1. The van der Waals surface area contributed by atoms with Crippen molar-refractivity contribution in [3.8, 4) is 11.5 Å². The summed E-state index contributed by atoms with van der Waals surface area (Å²) in [7, 11) is 0. The molecule has 7 heteroatoms. The van der Waals surface area contributed by atoms with Crippen LogP contribution in [0.2, 0.25) is 0 Å². The van der Waals surface area contributed by atoms with Crippen molar-refractivity contribution in [2.75, 3.05) is 13.2 Å². The van der Waals surface area contributed by atoms with Crippen LogP contribution in [0.1, 0.15) is 55.1 Å². The topological polar surface area (TPSA) is 76.2 Å². The van der Waals surface area contributed by atoms with Crippen molar-refractivity contribution in [3.05, 3.63) is 50.4 Å². The van der Waals surface area contributed by atoms with E-state index in [-0.39, 0.29) is 11.6 Å². The van der Waals surface area contributed by atoms with E-state index >= 15 is 0 Å². The third-order valence-electron chi connectivity index (χ3n) is 5.27. The predicted molar refractivity (Wildman–Crippen MR) is 116 cm³/mol. The molecule has 0 spiro atoms. The quantitative estimate of drug-likeness (QED) is 0.581. The van der Waals surface area contributed by atoms with Crippen molar-refractivity contribution >= 4 is 21.6 Å². The summed E-state index contributed by atoms with van der Waals surface area (Å²) in [6.45, 7) is 7.68. The third kappa shape index (κ3) is 4.02. The van der Waals surface area contributed by atoms with Gasteiger partial charge in [0.15, 0.2) is 11.5 Å². The van der Waals surface area contributed by atoms with Crippen LogP contribution in [-0.4, -0.2) is 23.2 Å². The molecule has 1 aliphatic carbocycles. The van der Waals surface area contributed by atoms with E-state index in [2.05, 4.69) is 17.2 Å². The lowest BCUT2D eigenvalue weighted by atomic mass is 10.1. The molecule has 1 atom stereocenters. The SMILES string of the molecule is CCOc1ccc([C@H](C)NCc2nc3sc4c(c3c(=O)[nH]2)CCC4)cc1OCC. The van der Waals surface area contributed by atoms with Gasteiger partial charge in [0.05, 0.1) is 25.1 Å². The number of hydrogen-bond acceptors (Lipinski definition) is 6. The zero-order chi connectivity index (χ0) is 20.4. The summed E-state index contributed by atoms with van der Waals surface area (Å²) in [6.07, 6.45) is 3.21. The number of thiophene rings is 1. The highest BCUT2D eigenvalue weighted by Gasteiger charge is 2.21.